The van der Waals surface area contributed by atoms with Crippen LogP contribution < -0.4 is 39.5 Å². The maximum Gasteiger partial charge on any atom is 0.153 e. The van der Waals surface area contributed by atoms with Crippen LogP contribution in [0.5, 0.6) is 0 Å². The fourth-order valence-corrected chi connectivity index (χ4v) is 4.98. The molecule has 0 bridgehead atoms. The zero-order valence-corrected chi connectivity index (χ0v) is 24.7. The minimum absolute atomic E-state index is 0.298. The highest BCUT2D eigenvalue weighted by molar-refractivity contribution is 5.98. The molecule has 3 aromatic carbocycles. The van der Waals surface area contributed by atoms with Crippen LogP contribution in [0.4, 0.5) is 5.69 Å². The van der Waals surface area contributed by atoms with E-state index >= 15 is 0 Å². The first-order chi connectivity index (χ1) is 20.7. The molecule has 226 valence electrons. The van der Waals surface area contributed by atoms with E-state index in [9.17, 15) is 0 Å². The van der Waals surface area contributed by atoms with Crippen molar-refractivity contribution in [2.45, 2.75) is 32.2 Å². The second kappa shape index (κ2) is 14.8. The van der Waals surface area contributed by atoms with Gasteiger partial charge in [-0.25, -0.2) is 11.7 Å². The number of nitrogens with two attached hydrogens (primary N) is 6. The van der Waals surface area contributed by atoms with Gasteiger partial charge in [0.1, 0.15) is 5.84 Å². The lowest BCUT2D eigenvalue weighted by Gasteiger charge is -2.32. The minimum Gasteiger partial charge on any atom is -0.401 e. The third-order valence-corrected chi connectivity index (χ3v) is 7.25. The van der Waals surface area contributed by atoms with E-state index in [0.29, 0.717) is 49.0 Å². The van der Waals surface area contributed by atoms with E-state index < -0.39 is 0 Å². The number of amidine groups is 2. The Bertz CT molecular complexity index is 1490. The first-order valence-electron chi connectivity index (χ1n) is 14.3. The molecule has 0 spiro atoms. The van der Waals surface area contributed by atoms with Gasteiger partial charge < -0.3 is 37.9 Å². The summed E-state index contributed by atoms with van der Waals surface area (Å²) in [5, 5.41) is 11.4. The SMILES string of the molecule is CN1Cc2ccccc2/C(N(N)CCCCN(N)/C=C(\N)CC/C(N)=N/N=C(\N)c2ccccc2)=C(/N)c2ccccc21. The number of unbranched alkanes of at least 4 members (excludes halogenated alkanes) is 1. The highest BCUT2D eigenvalue weighted by Gasteiger charge is 2.23. The molecule has 3 aromatic rings. The fourth-order valence-electron chi connectivity index (χ4n) is 4.98. The van der Waals surface area contributed by atoms with Gasteiger partial charge in [0.2, 0.25) is 0 Å². The Kier molecular flexibility index (Phi) is 10.6. The Morgan fingerprint density at radius 3 is 2.23 bits per heavy atom. The van der Waals surface area contributed by atoms with Crippen LogP contribution in [-0.2, 0) is 6.54 Å². The second-order valence-corrected chi connectivity index (χ2v) is 10.6. The van der Waals surface area contributed by atoms with Crippen LogP contribution in [0.25, 0.3) is 11.4 Å². The van der Waals surface area contributed by atoms with E-state index in [4.69, 9.17) is 34.6 Å². The maximum absolute atomic E-state index is 6.81. The molecule has 0 amide bonds. The van der Waals surface area contributed by atoms with Crippen LogP contribution in [0, 0.1) is 0 Å². The minimum atomic E-state index is 0.298. The van der Waals surface area contributed by atoms with Crippen LogP contribution in [0.3, 0.4) is 0 Å². The van der Waals surface area contributed by atoms with Crippen molar-refractivity contribution in [1.29, 1.82) is 0 Å². The summed E-state index contributed by atoms with van der Waals surface area (Å²) in [6, 6.07) is 25.8. The van der Waals surface area contributed by atoms with Gasteiger partial charge in [-0.3, -0.25) is 0 Å². The van der Waals surface area contributed by atoms with Gasteiger partial charge in [-0.1, -0.05) is 72.8 Å². The molecule has 1 heterocycles. The Morgan fingerprint density at radius 2 is 1.47 bits per heavy atom. The van der Waals surface area contributed by atoms with Gasteiger partial charge in [-0.15, -0.1) is 10.2 Å². The molecule has 0 saturated carbocycles. The molecule has 0 saturated heterocycles. The summed E-state index contributed by atoms with van der Waals surface area (Å²) in [6.07, 6.45) is 4.25. The topological polar surface area (TPSA) is 191 Å². The molecular weight excluding hydrogens is 538 g/mol. The summed E-state index contributed by atoms with van der Waals surface area (Å²) in [4.78, 5) is 2.21. The predicted molar refractivity (Wildman–Crippen MR) is 177 cm³/mol. The first kappa shape index (κ1) is 30.9. The summed E-state index contributed by atoms with van der Waals surface area (Å²) in [7, 11) is 2.08. The molecule has 0 unspecified atom stereocenters. The van der Waals surface area contributed by atoms with Gasteiger partial charge in [-0.2, -0.15) is 0 Å². The number of anilines is 1. The molecule has 0 atom stereocenters. The van der Waals surface area contributed by atoms with Crippen molar-refractivity contribution < 1.29 is 0 Å². The third-order valence-electron chi connectivity index (χ3n) is 7.25. The van der Waals surface area contributed by atoms with Gasteiger partial charge in [-0.05, 0) is 30.9 Å². The van der Waals surface area contributed by atoms with Gasteiger partial charge in [0.05, 0.1) is 11.4 Å². The van der Waals surface area contributed by atoms with Gasteiger partial charge in [0.15, 0.2) is 5.84 Å². The highest BCUT2D eigenvalue weighted by Crippen LogP contribution is 2.35. The highest BCUT2D eigenvalue weighted by atomic mass is 15.4. The lowest BCUT2D eigenvalue weighted by molar-refractivity contribution is 0.348. The van der Waals surface area contributed by atoms with Crippen molar-refractivity contribution in [3.05, 3.63) is 113 Å². The summed E-state index contributed by atoms with van der Waals surface area (Å²) in [5.41, 5.74) is 32.0. The molecule has 1 aliphatic heterocycles. The monoisotopic (exact) mass is 581 g/mol. The Morgan fingerprint density at radius 1 is 0.814 bits per heavy atom. The van der Waals surface area contributed by atoms with E-state index in [-0.39, 0.29) is 0 Å². The Balaban J connectivity index is 1.31. The van der Waals surface area contributed by atoms with Crippen molar-refractivity contribution in [3.63, 3.8) is 0 Å². The van der Waals surface area contributed by atoms with Crippen molar-refractivity contribution in [2.24, 2.45) is 44.8 Å². The number of para-hydroxylation sites is 1. The molecular formula is C32H43N11. The van der Waals surface area contributed by atoms with E-state index in [0.717, 1.165) is 47.5 Å². The van der Waals surface area contributed by atoms with Crippen LogP contribution in [0.2, 0.25) is 0 Å². The lowest BCUT2D eigenvalue weighted by atomic mass is 9.96. The van der Waals surface area contributed by atoms with Gasteiger partial charge in [0.25, 0.3) is 0 Å². The van der Waals surface area contributed by atoms with Crippen molar-refractivity contribution in [3.8, 4) is 0 Å². The standard InChI is InChI=1S/C32H43N11/c1-41-21-24-13-5-6-14-26(24)31(30(35)27-15-7-8-16-28(27)41)43(38)20-10-9-19-42(37)22-25(33)17-18-29(34)39-40-32(36)23-11-3-2-4-12-23/h2-8,11-16,22H,9-10,17-21,33,35,37-38H2,1H3,(H2,34,39)(H2,36,40)/b25-22-,31-30-. The van der Waals surface area contributed by atoms with Gasteiger partial charge >= 0.3 is 0 Å². The number of rotatable bonds is 12. The van der Waals surface area contributed by atoms with Crippen molar-refractivity contribution in [1.82, 2.24) is 10.0 Å². The zero-order chi connectivity index (χ0) is 30.8. The quantitative estimate of drug-likeness (QED) is 0.0614. The number of hydrogen-bond acceptors (Lipinski definition) is 9. The summed E-state index contributed by atoms with van der Waals surface area (Å²) < 4.78 is 0. The maximum atomic E-state index is 6.81. The normalized spacial score (nSPS) is 15.8. The fraction of sp³-hybridized carbons (Fsp3) is 0.250. The van der Waals surface area contributed by atoms with E-state index in [1.165, 1.54) is 5.56 Å². The van der Waals surface area contributed by atoms with Crippen LogP contribution >= 0.6 is 0 Å². The zero-order valence-electron chi connectivity index (χ0n) is 24.7. The molecule has 0 aliphatic carbocycles. The Hall–Kier alpha value is -5.00. The number of allylic oxidation sites excluding steroid dienone is 1. The van der Waals surface area contributed by atoms with Crippen molar-refractivity contribution in [2.75, 3.05) is 25.0 Å². The van der Waals surface area contributed by atoms with Crippen LogP contribution in [-0.4, -0.2) is 41.8 Å². The van der Waals surface area contributed by atoms with Crippen LogP contribution in [0.1, 0.15) is 47.9 Å². The summed E-state index contributed by atoms with van der Waals surface area (Å²) in [5.74, 6) is 13.5. The molecule has 0 aromatic heterocycles. The summed E-state index contributed by atoms with van der Waals surface area (Å²) >= 11 is 0. The largest absolute Gasteiger partial charge is 0.401 e. The Labute approximate surface area is 253 Å². The molecule has 4 rings (SSSR count). The number of hydrazine groups is 2. The van der Waals surface area contributed by atoms with E-state index in [2.05, 4.69) is 40.3 Å². The number of fused-ring (bicyclic) bond motifs is 2. The molecule has 1 aliphatic rings. The smallest absolute Gasteiger partial charge is 0.153 e. The lowest BCUT2D eigenvalue weighted by Crippen LogP contribution is -2.35. The molecule has 11 heteroatoms. The number of hydrogen-bond donors (Lipinski definition) is 6. The first-order valence-corrected chi connectivity index (χ1v) is 14.3. The molecule has 43 heavy (non-hydrogen) atoms. The van der Waals surface area contributed by atoms with Crippen molar-refractivity contribution >= 4 is 28.8 Å². The average Bonchev–Trinajstić information content (AvgIpc) is 3.01. The number of nitrogens with zero attached hydrogens (tertiary/aromatic N) is 5. The summed E-state index contributed by atoms with van der Waals surface area (Å²) in [6.45, 7) is 1.96. The van der Waals surface area contributed by atoms with E-state index in [1.54, 1.807) is 16.2 Å². The van der Waals surface area contributed by atoms with E-state index in [1.807, 2.05) is 60.7 Å². The van der Waals surface area contributed by atoms with Gasteiger partial charge in [0, 0.05) is 67.4 Å². The third kappa shape index (κ3) is 8.28. The predicted octanol–water partition coefficient (Wildman–Crippen LogP) is 2.81. The molecule has 12 N–H and O–H groups in total. The average molecular weight is 582 g/mol. The molecule has 0 fully saturated rings. The number of benzene rings is 3. The second-order valence-electron chi connectivity index (χ2n) is 10.6. The van der Waals surface area contributed by atoms with Crippen LogP contribution in [0.15, 0.2) is 101 Å². The molecule has 0 radical (unpaired) electrons. The molecule has 11 nitrogen and oxygen atoms in total.